The van der Waals surface area contributed by atoms with Crippen molar-refractivity contribution in [2.75, 3.05) is 26.2 Å². The van der Waals surface area contributed by atoms with Gasteiger partial charge in [-0.3, -0.25) is 14.8 Å². The summed E-state index contributed by atoms with van der Waals surface area (Å²) in [4.78, 5) is 13.0. The number of H-pyrrole nitrogens is 1. The molecule has 0 aromatic carbocycles. The smallest absolute Gasteiger partial charge is 0.320 e. The van der Waals surface area contributed by atoms with E-state index >= 15 is 0 Å². The highest BCUT2D eigenvalue weighted by Gasteiger charge is 2.34. The molecule has 0 bridgehead atoms. The molecule has 1 aromatic rings. The lowest BCUT2D eigenvalue weighted by molar-refractivity contribution is -0.143. The Morgan fingerprint density at radius 2 is 1.86 bits per heavy atom. The molecule has 1 unspecified atom stereocenters. The van der Waals surface area contributed by atoms with Crippen molar-refractivity contribution >= 4 is 16.0 Å². The van der Waals surface area contributed by atoms with E-state index in [1.54, 1.807) is 25.7 Å². The van der Waals surface area contributed by atoms with Crippen LogP contribution in [0.25, 0.3) is 0 Å². The SMILES string of the molecule is Cc1n[nH]c(C)c1S(=O)(=O)N1CCN(C(C)C(=O)O)CC1. The zero-order valence-electron chi connectivity index (χ0n) is 12.3. The van der Waals surface area contributed by atoms with E-state index in [1.165, 1.54) is 4.31 Å². The summed E-state index contributed by atoms with van der Waals surface area (Å²) in [5.74, 6) is -0.896. The van der Waals surface area contributed by atoms with Crippen molar-refractivity contribution in [1.29, 1.82) is 0 Å². The average Bonchev–Trinajstić information content (AvgIpc) is 2.78. The summed E-state index contributed by atoms with van der Waals surface area (Å²) in [6.45, 7) is 6.31. The molecule has 9 heteroatoms. The van der Waals surface area contributed by atoms with Gasteiger partial charge in [0.25, 0.3) is 0 Å². The Labute approximate surface area is 123 Å². The van der Waals surface area contributed by atoms with Crippen LogP contribution in [0, 0.1) is 13.8 Å². The third-order valence-corrected chi connectivity index (χ3v) is 6.00. The van der Waals surface area contributed by atoms with Gasteiger partial charge in [-0.2, -0.15) is 9.40 Å². The Bertz CT molecular complexity index is 612. The number of sulfonamides is 1. The third-order valence-electron chi connectivity index (χ3n) is 3.84. The summed E-state index contributed by atoms with van der Waals surface area (Å²) in [6, 6.07) is -0.604. The van der Waals surface area contributed by atoms with Gasteiger partial charge in [-0.05, 0) is 20.8 Å². The van der Waals surface area contributed by atoms with Crippen LogP contribution < -0.4 is 0 Å². The van der Waals surface area contributed by atoms with E-state index in [0.29, 0.717) is 24.5 Å². The summed E-state index contributed by atoms with van der Waals surface area (Å²) in [6.07, 6.45) is 0. The average molecular weight is 316 g/mol. The molecule has 1 fully saturated rings. The van der Waals surface area contributed by atoms with Crippen molar-refractivity contribution in [1.82, 2.24) is 19.4 Å². The van der Waals surface area contributed by atoms with Gasteiger partial charge in [-0.15, -0.1) is 0 Å². The van der Waals surface area contributed by atoms with Crippen molar-refractivity contribution in [2.45, 2.75) is 31.7 Å². The van der Waals surface area contributed by atoms with E-state index in [2.05, 4.69) is 10.2 Å². The summed E-state index contributed by atoms with van der Waals surface area (Å²) >= 11 is 0. The van der Waals surface area contributed by atoms with Gasteiger partial charge in [0.05, 0.1) is 11.4 Å². The Hall–Kier alpha value is -1.45. The van der Waals surface area contributed by atoms with Gasteiger partial charge in [0.1, 0.15) is 10.9 Å². The number of nitrogens with one attached hydrogen (secondary N) is 1. The molecule has 0 saturated carbocycles. The molecule has 0 radical (unpaired) electrons. The topological polar surface area (TPSA) is 107 Å². The molecule has 0 spiro atoms. The van der Waals surface area contributed by atoms with E-state index in [0.717, 1.165) is 0 Å². The van der Waals surface area contributed by atoms with Crippen LogP contribution in [-0.2, 0) is 14.8 Å². The molecule has 0 aliphatic carbocycles. The van der Waals surface area contributed by atoms with Gasteiger partial charge < -0.3 is 5.11 Å². The predicted molar refractivity (Wildman–Crippen MR) is 75.5 cm³/mol. The summed E-state index contributed by atoms with van der Waals surface area (Å²) < 4.78 is 26.7. The molecule has 1 aliphatic heterocycles. The van der Waals surface area contributed by atoms with Crippen molar-refractivity contribution in [3.63, 3.8) is 0 Å². The maximum absolute atomic E-state index is 12.6. The second-order valence-electron chi connectivity index (χ2n) is 5.22. The number of aryl methyl sites for hydroxylation is 2. The van der Waals surface area contributed by atoms with E-state index in [-0.39, 0.29) is 18.0 Å². The van der Waals surface area contributed by atoms with Gasteiger partial charge in [-0.25, -0.2) is 8.42 Å². The monoisotopic (exact) mass is 316 g/mol. The Morgan fingerprint density at radius 1 is 1.29 bits per heavy atom. The van der Waals surface area contributed by atoms with E-state index in [1.807, 2.05) is 0 Å². The van der Waals surface area contributed by atoms with Gasteiger partial charge in [0, 0.05) is 26.2 Å². The summed E-state index contributed by atoms with van der Waals surface area (Å²) in [5, 5.41) is 15.6. The first kappa shape index (κ1) is 15.9. The first-order valence-corrected chi connectivity index (χ1v) is 8.17. The highest BCUT2D eigenvalue weighted by atomic mass is 32.2. The molecule has 8 nitrogen and oxygen atoms in total. The number of aromatic nitrogens is 2. The zero-order valence-corrected chi connectivity index (χ0v) is 13.1. The molecule has 2 heterocycles. The van der Waals surface area contributed by atoms with Crippen LogP contribution in [0.3, 0.4) is 0 Å². The number of carboxylic acids is 1. The number of nitrogens with zero attached hydrogens (tertiary/aromatic N) is 3. The number of hydrogen-bond donors (Lipinski definition) is 2. The van der Waals surface area contributed by atoms with Crippen molar-refractivity contribution in [3.8, 4) is 0 Å². The third kappa shape index (κ3) is 2.94. The number of aromatic amines is 1. The van der Waals surface area contributed by atoms with Crippen molar-refractivity contribution in [3.05, 3.63) is 11.4 Å². The maximum Gasteiger partial charge on any atom is 0.320 e. The van der Waals surface area contributed by atoms with Gasteiger partial charge >= 0.3 is 5.97 Å². The summed E-state index contributed by atoms with van der Waals surface area (Å²) in [7, 11) is -3.58. The Morgan fingerprint density at radius 3 is 2.29 bits per heavy atom. The molecule has 2 N–H and O–H groups in total. The van der Waals surface area contributed by atoms with Gasteiger partial charge in [0.15, 0.2) is 0 Å². The van der Waals surface area contributed by atoms with Crippen molar-refractivity contribution < 1.29 is 18.3 Å². The summed E-state index contributed by atoms with van der Waals surface area (Å²) in [5.41, 5.74) is 0.975. The Balaban J connectivity index is 2.14. The zero-order chi connectivity index (χ0) is 15.8. The molecule has 1 atom stereocenters. The lowest BCUT2D eigenvalue weighted by atomic mass is 10.2. The second-order valence-corrected chi connectivity index (χ2v) is 7.09. The van der Waals surface area contributed by atoms with E-state index in [9.17, 15) is 13.2 Å². The molecule has 1 aromatic heterocycles. The molecule has 1 aliphatic rings. The number of carboxylic acid groups (broad SMARTS) is 1. The van der Waals surface area contributed by atoms with E-state index in [4.69, 9.17) is 5.11 Å². The number of rotatable bonds is 4. The van der Waals surface area contributed by atoms with Crippen LogP contribution in [0.5, 0.6) is 0 Å². The number of piperazine rings is 1. The second kappa shape index (κ2) is 5.74. The van der Waals surface area contributed by atoms with Crippen LogP contribution in [0.1, 0.15) is 18.3 Å². The van der Waals surface area contributed by atoms with Gasteiger partial charge in [-0.1, -0.05) is 0 Å². The van der Waals surface area contributed by atoms with Crippen LogP contribution >= 0.6 is 0 Å². The quantitative estimate of drug-likeness (QED) is 0.797. The van der Waals surface area contributed by atoms with Crippen LogP contribution in [-0.4, -0.2) is 71.1 Å². The van der Waals surface area contributed by atoms with Crippen LogP contribution in [0.4, 0.5) is 0 Å². The fraction of sp³-hybridized carbons (Fsp3) is 0.667. The first-order valence-electron chi connectivity index (χ1n) is 6.73. The lowest BCUT2D eigenvalue weighted by Crippen LogP contribution is -2.53. The molecular formula is C12H20N4O4S. The molecule has 21 heavy (non-hydrogen) atoms. The standard InChI is InChI=1S/C12H20N4O4S/c1-8-11(9(2)14-13-8)21(19,20)16-6-4-15(5-7-16)10(3)12(17)18/h10H,4-7H2,1-3H3,(H,13,14)(H,17,18). The largest absolute Gasteiger partial charge is 0.480 e. The lowest BCUT2D eigenvalue weighted by Gasteiger charge is -2.35. The predicted octanol–water partition coefficient (Wildman–Crippen LogP) is -0.194. The normalized spacial score (nSPS) is 19.6. The molecule has 0 amide bonds. The fourth-order valence-corrected chi connectivity index (χ4v) is 4.29. The number of aliphatic carboxylic acids is 1. The van der Waals surface area contributed by atoms with Gasteiger partial charge in [0.2, 0.25) is 10.0 Å². The molecule has 118 valence electrons. The molecule has 1 saturated heterocycles. The Kier molecular flexibility index (Phi) is 4.35. The highest BCUT2D eigenvalue weighted by molar-refractivity contribution is 7.89. The fourth-order valence-electron chi connectivity index (χ4n) is 2.54. The highest BCUT2D eigenvalue weighted by Crippen LogP contribution is 2.23. The first-order chi connectivity index (χ1) is 9.75. The number of carbonyl (C=O) groups is 1. The number of hydrogen-bond acceptors (Lipinski definition) is 5. The van der Waals surface area contributed by atoms with Crippen LogP contribution in [0.15, 0.2) is 4.90 Å². The minimum atomic E-state index is -3.58. The minimum absolute atomic E-state index is 0.224. The van der Waals surface area contributed by atoms with E-state index < -0.39 is 22.0 Å². The van der Waals surface area contributed by atoms with Crippen LogP contribution in [0.2, 0.25) is 0 Å². The maximum atomic E-state index is 12.6. The molecular weight excluding hydrogens is 296 g/mol. The molecule has 2 rings (SSSR count). The minimum Gasteiger partial charge on any atom is -0.480 e. The van der Waals surface area contributed by atoms with Crippen molar-refractivity contribution in [2.24, 2.45) is 0 Å².